The molecular weight excluding hydrogens is 362 g/mol. The van der Waals surface area contributed by atoms with Gasteiger partial charge in [-0.25, -0.2) is 4.98 Å². The molecule has 142 valence electrons. The number of aryl methyl sites for hydroxylation is 1. The Morgan fingerprint density at radius 3 is 2.70 bits per heavy atom. The van der Waals surface area contributed by atoms with Gasteiger partial charge in [0, 0.05) is 25.2 Å². The Morgan fingerprint density at radius 2 is 2.15 bits per heavy atom. The van der Waals surface area contributed by atoms with E-state index in [4.69, 9.17) is 9.47 Å². The summed E-state index contributed by atoms with van der Waals surface area (Å²) in [5, 5.41) is 12.0. The predicted octanol–water partition coefficient (Wildman–Crippen LogP) is 3.77. The fraction of sp³-hybridized carbons (Fsp3) is 0.350. The van der Waals surface area contributed by atoms with Crippen molar-refractivity contribution in [3.63, 3.8) is 0 Å². The van der Waals surface area contributed by atoms with Crippen molar-refractivity contribution in [1.82, 2.24) is 9.88 Å². The van der Waals surface area contributed by atoms with E-state index in [2.05, 4.69) is 11.1 Å². The van der Waals surface area contributed by atoms with Gasteiger partial charge in [0.05, 0.1) is 12.2 Å². The molecule has 1 atom stereocenters. The average molecular weight is 385 g/mol. The quantitative estimate of drug-likeness (QED) is 0.678. The average Bonchev–Trinajstić information content (AvgIpc) is 3.07. The molecule has 0 unspecified atom stereocenters. The molecule has 0 fully saturated rings. The second-order valence-corrected chi connectivity index (χ2v) is 6.95. The maximum Gasteiger partial charge on any atom is 0.262 e. The Balaban J connectivity index is 2.32. The van der Waals surface area contributed by atoms with E-state index in [0.29, 0.717) is 28.7 Å². The van der Waals surface area contributed by atoms with E-state index < -0.39 is 6.10 Å². The highest BCUT2D eigenvalue weighted by Gasteiger charge is 2.19. The number of allylic oxidation sites excluding steroid dienone is 1. The Kier molecular flexibility index (Phi) is 6.97. The zero-order valence-electron chi connectivity index (χ0n) is 16.1. The molecule has 7 heteroatoms. The Bertz CT molecular complexity index is 881. The van der Waals surface area contributed by atoms with E-state index in [-0.39, 0.29) is 5.91 Å². The molecule has 2 rings (SSSR count). The van der Waals surface area contributed by atoms with Crippen LogP contribution >= 0.6 is 11.3 Å². The Labute approximate surface area is 163 Å². The van der Waals surface area contributed by atoms with Crippen molar-refractivity contribution in [2.45, 2.75) is 26.9 Å². The van der Waals surface area contributed by atoms with E-state index >= 15 is 0 Å². The Morgan fingerprint density at radius 1 is 1.41 bits per heavy atom. The largest absolute Gasteiger partial charge is 0.490 e. The molecule has 0 saturated heterocycles. The minimum atomic E-state index is -0.631. The topological polar surface area (TPSA) is 75.5 Å². The van der Waals surface area contributed by atoms with Gasteiger partial charge in [0.15, 0.2) is 17.6 Å². The lowest BCUT2D eigenvalue weighted by Crippen LogP contribution is -2.35. The molecule has 0 aliphatic carbocycles. The summed E-state index contributed by atoms with van der Waals surface area (Å²) in [6.07, 6.45) is 1.13. The molecular formula is C20H23N3O3S. The van der Waals surface area contributed by atoms with E-state index in [0.717, 1.165) is 11.3 Å². The molecule has 1 amide bonds. The van der Waals surface area contributed by atoms with Crippen molar-refractivity contribution in [2.24, 2.45) is 0 Å². The van der Waals surface area contributed by atoms with Crippen LogP contribution in [0.4, 0.5) is 0 Å². The maximum atomic E-state index is 12.0. The first-order valence-electron chi connectivity index (χ1n) is 8.54. The third-order valence-corrected chi connectivity index (χ3v) is 4.63. The number of hydrogen-bond donors (Lipinski definition) is 0. The number of nitriles is 1. The van der Waals surface area contributed by atoms with Crippen molar-refractivity contribution in [3.05, 3.63) is 39.8 Å². The number of amides is 1. The van der Waals surface area contributed by atoms with Gasteiger partial charge in [-0.2, -0.15) is 5.26 Å². The van der Waals surface area contributed by atoms with Gasteiger partial charge in [-0.3, -0.25) is 4.79 Å². The molecule has 0 bridgehead atoms. The first kappa shape index (κ1) is 20.5. The normalized spacial score (nSPS) is 12.2. The van der Waals surface area contributed by atoms with Crippen molar-refractivity contribution in [1.29, 1.82) is 5.26 Å². The second kappa shape index (κ2) is 9.19. The van der Waals surface area contributed by atoms with E-state index in [9.17, 15) is 10.1 Å². The van der Waals surface area contributed by atoms with Crippen molar-refractivity contribution >= 4 is 28.9 Å². The third-order valence-electron chi connectivity index (χ3n) is 3.64. The highest BCUT2D eigenvalue weighted by atomic mass is 32.1. The standard InChI is InChI=1S/C20H23N3O3S/c1-6-25-18-10-15(9-16(11-21)19-22-13(2)12-27-19)7-8-17(18)26-14(3)20(24)23(4)5/h7-10,12,14H,6H2,1-5H3/b16-9+/t14-/m1/s1. The van der Waals surface area contributed by atoms with Gasteiger partial charge in [-0.05, 0) is 44.5 Å². The van der Waals surface area contributed by atoms with Crippen LogP contribution in [-0.2, 0) is 4.79 Å². The number of aromatic nitrogens is 1. The lowest BCUT2D eigenvalue weighted by Gasteiger charge is -2.20. The van der Waals surface area contributed by atoms with E-state index in [1.54, 1.807) is 39.2 Å². The molecule has 0 aliphatic heterocycles. The summed E-state index contributed by atoms with van der Waals surface area (Å²) >= 11 is 1.43. The molecule has 1 aromatic heterocycles. The predicted molar refractivity (Wildman–Crippen MR) is 107 cm³/mol. The van der Waals surface area contributed by atoms with Crippen LogP contribution in [0.3, 0.4) is 0 Å². The van der Waals surface area contributed by atoms with Crippen LogP contribution < -0.4 is 9.47 Å². The van der Waals surface area contributed by atoms with Crippen LogP contribution in [0.5, 0.6) is 11.5 Å². The fourth-order valence-electron chi connectivity index (χ4n) is 2.37. The molecule has 1 aromatic carbocycles. The molecule has 27 heavy (non-hydrogen) atoms. The van der Waals surface area contributed by atoms with Crippen LogP contribution in [0, 0.1) is 18.3 Å². The highest BCUT2D eigenvalue weighted by molar-refractivity contribution is 7.11. The minimum Gasteiger partial charge on any atom is -0.490 e. The molecule has 0 N–H and O–H groups in total. The summed E-state index contributed by atoms with van der Waals surface area (Å²) in [4.78, 5) is 17.9. The number of nitrogens with zero attached hydrogens (tertiary/aromatic N) is 3. The zero-order chi connectivity index (χ0) is 20.0. The van der Waals surface area contributed by atoms with Gasteiger partial charge >= 0.3 is 0 Å². The minimum absolute atomic E-state index is 0.132. The first-order chi connectivity index (χ1) is 12.8. The number of ether oxygens (including phenoxy) is 2. The summed E-state index contributed by atoms with van der Waals surface area (Å²) in [7, 11) is 3.37. The molecule has 0 spiro atoms. The summed E-state index contributed by atoms with van der Waals surface area (Å²) in [6.45, 7) is 5.92. The van der Waals surface area contributed by atoms with Gasteiger partial charge in [0.2, 0.25) is 0 Å². The van der Waals surface area contributed by atoms with Gasteiger partial charge in [-0.15, -0.1) is 11.3 Å². The maximum absolute atomic E-state index is 12.0. The van der Waals surface area contributed by atoms with Crippen LogP contribution in [0.1, 0.15) is 30.1 Å². The number of thiazole rings is 1. The van der Waals surface area contributed by atoms with E-state index in [1.165, 1.54) is 16.2 Å². The first-order valence-corrected chi connectivity index (χ1v) is 9.42. The molecule has 6 nitrogen and oxygen atoms in total. The number of benzene rings is 1. The summed E-state index contributed by atoms with van der Waals surface area (Å²) in [5.74, 6) is 0.880. The van der Waals surface area contributed by atoms with Crippen LogP contribution in [0.2, 0.25) is 0 Å². The smallest absolute Gasteiger partial charge is 0.262 e. The van der Waals surface area contributed by atoms with Gasteiger partial charge in [-0.1, -0.05) is 6.07 Å². The van der Waals surface area contributed by atoms with Crippen molar-refractivity contribution in [3.8, 4) is 17.6 Å². The monoisotopic (exact) mass is 385 g/mol. The molecule has 1 heterocycles. The van der Waals surface area contributed by atoms with Crippen molar-refractivity contribution in [2.75, 3.05) is 20.7 Å². The summed E-state index contributed by atoms with van der Waals surface area (Å²) in [6, 6.07) is 7.56. The highest BCUT2D eigenvalue weighted by Crippen LogP contribution is 2.31. The van der Waals surface area contributed by atoms with E-state index in [1.807, 2.05) is 25.3 Å². The van der Waals surface area contributed by atoms with Crippen LogP contribution in [0.15, 0.2) is 23.6 Å². The lowest BCUT2D eigenvalue weighted by molar-refractivity contribution is -0.135. The van der Waals surface area contributed by atoms with Gasteiger partial charge in [0.25, 0.3) is 5.91 Å². The van der Waals surface area contributed by atoms with Gasteiger partial charge < -0.3 is 14.4 Å². The second-order valence-electron chi connectivity index (χ2n) is 6.10. The fourth-order valence-corrected chi connectivity index (χ4v) is 3.13. The molecule has 0 radical (unpaired) electrons. The number of carbonyl (C=O) groups excluding carboxylic acids is 1. The zero-order valence-corrected chi connectivity index (χ0v) is 17.0. The molecule has 0 saturated carbocycles. The third kappa shape index (κ3) is 5.31. The molecule has 0 aliphatic rings. The van der Waals surface area contributed by atoms with Gasteiger partial charge in [0.1, 0.15) is 11.1 Å². The SMILES string of the molecule is CCOc1cc(/C=C(\C#N)c2nc(C)cs2)ccc1O[C@H](C)C(=O)N(C)C. The number of likely N-dealkylation sites (N-methyl/N-ethyl adjacent to an activating group) is 1. The summed E-state index contributed by atoms with van der Waals surface area (Å²) in [5.41, 5.74) is 2.16. The number of rotatable bonds is 7. The molecule has 2 aromatic rings. The number of carbonyl (C=O) groups is 1. The lowest BCUT2D eigenvalue weighted by atomic mass is 10.1. The van der Waals surface area contributed by atoms with Crippen LogP contribution in [0.25, 0.3) is 11.6 Å². The van der Waals surface area contributed by atoms with Crippen molar-refractivity contribution < 1.29 is 14.3 Å². The van der Waals surface area contributed by atoms with Crippen LogP contribution in [-0.4, -0.2) is 42.6 Å². The Hall–Kier alpha value is -2.85. The summed E-state index contributed by atoms with van der Waals surface area (Å²) < 4.78 is 11.5. The number of hydrogen-bond acceptors (Lipinski definition) is 6.